The maximum atomic E-state index is 13.5. The molecule has 21 heavy (non-hydrogen) atoms. The number of ether oxygens (including phenoxy) is 1. The largest absolute Gasteiger partial charge is 0.454 e. The molecule has 0 aromatic heterocycles. The number of benzene rings is 2. The van der Waals surface area contributed by atoms with E-state index in [1.807, 2.05) is 0 Å². The van der Waals surface area contributed by atoms with Crippen LogP contribution in [0.5, 0.6) is 11.5 Å². The minimum Gasteiger partial charge on any atom is -0.454 e. The highest BCUT2D eigenvalue weighted by atomic mass is 19.1. The van der Waals surface area contributed by atoms with Crippen LogP contribution in [0.25, 0.3) is 0 Å². The Bertz CT molecular complexity index is 731. The second-order valence-corrected chi connectivity index (χ2v) is 4.17. The molecule has 0 aliphatic carbocycles. The van der Waals surface area contributed by atoms with Crippen LogP contribution in [-0.2, 0) is 0 Å². The highest BCUT2D eigenvalue weighted by Gasteiger charge is 2.18. The molecule has 0 fully saturated rings. The summed E-state index contributed by atoms with van der Waals surface area (Å²) in [6.07, 6.45) is 0. The van der Waals surface area contributed by atoms with Crippen LogP contribution in [0.1, 0.15) is 17.3 Å². The van der Waals surface area contributed by atoms with Crippen molar-refractivity contribution >= 4 is 11.5 Å². The molecule has 0 radical (unpaired) electrons. The summed E-state index contributed by atoms with van der Waals surface area (Å²) in [6.45, 7) is 1.16. The molecule has 5 nitrogen and oxygen atoms in total. The third-order valence-corrected chi connectivity index (χ3v) is 2.67. The fourth-order valence-corrected chi connectivity index (χ4v) is 1.70. The second kappa shape index (κ2) is 5.66. The van der Waals surface area contributed by atoms with E-state index in [9.17, 15) is 23.7 Å². The van der Waals surface area contributed by atoms with E-state index in [4.69, 9.17) is 4.74 Å². The fourth-order valence-electron chi connectivity index (χ4n) is 1.70. The van der Waals surface area contributed by atoms with Gasteiger partial charge in [-0.25, -0.2) is 8.78 Å². The number of carbonyl (C=O) groups is 1. The van der Waals surface area contributed by atoms with Crippen molar-refractivity contribution in [1.29, 1.82) is 0 Å². The van der Waals surface area contributed by atoms with Crippen LogP contribution in [0.4, 0.5) is 14.5 Å². The Labute approximate surface area is 117 Å². The molecule has 0 spiro atoms. The van der Waals surface area contributed by atoms with Gasteiger partial charge >= 0.3 is 0 Å². The highest BCUT2D eigenvalue weighted by molar-refractivity contribution is 5.98. The number of hydrogen-bond acceptors (Lipinski definition) is 4. The third-order valence-electron chi connectivity index (χ3n) is 2.67. The number of nitro benzene ring substituents is 1. The molecule has 0 bridgehead atoms. The van der Waals surface area contributed by atoms with Crippen molar-refractivity contribution in [1.82, 2.24) is 0 Å². The molecule has 0 saturated heterocycles. The van der Waals surface area contributed by atoms with Gasteiger partial charge in [0.2, 0.25) is 0 Å². The molecule has 2 aromatic rings. The Morgan fingerprint density at radius 3 is 2.52 bits per heavy atom. The molecule has 0 unspecified atom stereocenters. The summed E-state index contributed by atoms with van der Waals surface area (Å²) >= 11 is 0. The fraction of sp³-hybridized carbons (Fsp3) is 0.0714. The van der Waals surface area contributed by atoms with Crippen molar-refractivity contribution in [3.05, 3.63) is 63.7 Å². The molecular weight excluding hydrogens is 284 g/mol. The molecule has 0 aliphatic rings. The van der Waals surface area contributed by atoms with Crippen LogP contribution in [0.3, 0.4) is 0 Å². The highest BCUT2D eigenvalue weighted by Crippen LogP contribution is 2.29. The molecule has 0 saturated carbocycles. The summed E-state index contributed by atoms with van der Waals surface area (Å²) < 4.78 is 31.6. The average Bonchev–Trinajstić information content (AvgIpc) is 2.42. The quantitative estimate of drug-likeness (QED) is 0.487. The predicted octanol–water partition coefficient (Wildman–Crippen LogP) is 3.87. The van der Waals surface area contributed by atoms with Crippen molar-refractivity contribution in [2.24, 2.45) is 0 Å². The van der Waals surface area contributed by atoms with Crippen LogP contribution in [0.2, 0.25) is 0 Å². The Morgan fingerprint density at radius 1 is 1.19 bits per heavy atom. The molecule has 108 valence electrons. The minimum atomic E-state index is -0.792. The topological polar surface area (TPSA) is 69.4 Å². The zero-order chi connectivity index (χ0) is 15.6. The first-order chi connectivity index (χ1) is 9.88. The van der Waals surface area contributed by atoms with Gasteiger partial charge in [-0.05, 0) is 31.2 Å². The normalized spacial score (nSPS) is 10.2. The Balaban J connectivity index is 2.41. The van der Waals surface area contributed by atoms with Gasteiger partial charge in [0.05, 0.1) is 10.5 Å². The van der Waals surface area contributed by atoms with E-state index in [1.54, 1.807) is 0 Å². The smallest absolute Gasteiger partial charge is 0.280 e. The number of nitro groups is 1. The number of halogens is 2. The van der Waals surface area contributed by atoms with Crippen molar-refractivity contribution in [3.63, 3.8) is 0 Å². The van der Waals surface area contributed by atoms with Crippen molar-refractivity contribution in [2.45, 2.75) is 6.92 Å². The van der Waals surface area contributed by atoms with E-state index < -0.39 is 22.3 Å². The van der Waals surface area contributed by atoms with Crippen LogP contribution in [0, 0.1) is 21.7 Å². The van der Waals surface area contributed by atoms with Crippen molar-refractivity contribution in [3.8, 4) is 11.5 Å². The summed E-state index contributed by atoms with van der Waals surface area (Å²) in [5.41, 5.74) is -0.552. The lowest BCUT2D eigenvalue weighted by atomic mass is 10.1. The van der Waals surface area contributed by atoms with Gasteiger partial charge in [-0.15, -0.1) is 0 Å². The van der Waals surface area contributed by atoms with Crippen molar-refractivity contribution < 1.29 is 23.2 Å². The second-order valence-electron chi connectivity index (χ2n) is 4.17. The number of hydrogen-bond donors (Lipinski definition) is 0. The minimum absolute atomic E-state index is 0.00435. The number of nitrogens with zero attached hydrogens (tertiary/aromatic N) is 1. The molecule has 0 N–H and O–H groups in total. The van der Waals surface area contributed by atoms with E-state index in [0.717, 1.165) is 37.3 Å². The predicted molar refractivity (Wildman–Crippen MR) is 69.5 cm³/mol. The number of carbonyl (C=O) groups excluding carboxylic acids is 1. The summed E-state index contributed by atoms with van der Waals surface area (Å²) in [5, 5.41) is 10.8. The van der Waals surface area contributed by atoms with Crippen LogP contribution in [-0.4, -0.2) is 10.7 Å². The SMILES string of the molecule is CC(=O)c1cc(Oc2cc(F)ccc2F)ccc1[N+](=O)[O-]. The van der Waals surface area contributed by atoms with Crippen LogP contribution >= 0.6 is 0 Å². The molecular formula is C14H9F2NO4. The van der Waals surface area contributed by atoms with Gasteiger partial charge < -0.3 is 4.74 Å². The van der Waals surface area contributed by atoms with E-state index >= 15 is 0 Å². The van der Waals surface area contributed by atoms with E-state index in [1.165, 1.54) is 6.07 Å². The maximum absolute atomic E-state index is 13.5. The first-order valence-electron chi connectivity index (χ1n) is 5.81. The lowest BCUT2D eigenvalue weighted by Crippen LogP contribution is -2.01. The summed E-state index contributed by atoms with van der Waals surface area (Å²) in [4.78, 5) is 21.5. The van der Waals surface area contributed by atoms with Crippen LogP contribution in [0.15, 0.2) is 36.4 Å². The van der Waals surface area contributed by atoms with Gasteiger partial charge in [-0.3, -0.25) is 14.9 Å². The summed E-state index contributed by atoms with van der Waals surface area (Å²) in [7, 11) is 0. The average molecular weight is 293 g/mol. The van der Waals surface area contributed by atoms with E-state index in [2.05, 4.69) is 0 Å². The molecule has 0 amide bonds. The standard InChI is InChI=1S/C14H9F2NO4/c1-8(18)11-7-10(3-5-13(11)17(19)20)21-14-6-9(15)2-4-12(14)16/h2-7H,1H3. The van der Waals surface area contributed by atoms with E-state index in [0.29, 0.717) is 0 Å². The van der Waals surface area contributed by atoms with Gasteiger partial charge in [-0.2, -0.15) is 0 Å². The first kappa shape index (κ1) is 14.6. The lowest BCUT2D eigenvalue weighted by Gasteiger charge is -2.08. The van der Waals surface area contributed by atoms with Gasteiger partial charge in [0.15, 0.2) is 17.3 Å². The maximum Gasteiger partial charge on any atom is 0.280 e. The Morgan fingerprint density at radius 2 is 1.90 bits per heavy atom. The number of rotatable bonds is 4. The van der Waals surface area contributed by atoms with Gasteiger partial charge in [0.25, 0.3) is 5.69 Å². The van der Waals surface area contributed by atoms with Gasteiger partial charge in [0, 0.05) is 12.1 Å². The number of ketones is 1. The van der Waals surface area contributed by atoms with Gasteiger partial charge in [-0.1, -0.05) is 0 Å². The summed E-state index contributed by atoms with van der Waals surface area (Å²) in [5.74, 6) is -2.40. The molecule has 0 aliphatic heterocycles. The molecule has 7 heteroatoms. The first-order valence-corrected chi connectivity index (χ1v) is 5.81. The molecule has 0 heterocycles. The lowest BCUT2D eigenvalue weighted by molar-refractivity contribution is -0.385. The Hall–Kier alpha value is -2.83. The summed E-state index contributed by atoms with van der Waals surface area (Å²) in [6, 6.07) is 6.05. The van der Waals surface area contributed by atoms with E-state index in [-0.39, 0.29) is 22.7 Å². The molecule has 2 aromatic carbocycles. The van der Waals surface area contributed by atoms with Gasteiger partial charge in [0.1, 0.15) is 11.6 Å². The molecule has 2 rings (SSSR count). The zero-order valence-corrected chi connectivity index (χ0v) is 10.8. The monoisotopic (exact) mass is 293 g/mol. The Kier molecular flexibility index (Phi) is 3.93. The van der Waals surface area contributed by atoms with Crippen LogP contribution < -0.4 is 4.74 Å². The molecule has 0 atom stereocenters. The zero-order valence-electron chi connectivity index (χ0n) is 10.8. The third kappa shape index (κ3) is 3.19. The van der Waals surface area contributed by atoms with Crippen molar-refractivity contribution in [2.75, 3.05) is 0 Å². The number of Topliss-reactive ketones (excluding diaryl/α,β-unsaturated/α-hetero) is 1.